The summed E-state index contributed by atoms with van der Waals surface area (Å²) in [5.74, 6) is 1.25. The summed E-state index contributed by atoms with van der Waals surface area (Å²) in [4.78, 5) is 17.5. The van der Waals surface area contributed by atoms with E-state index in [2.05, 4.69) is 68.6 Å². The van der Waals surface area contributed by atoms with Crippen molar-refractivity contribution < 1.29 is 9.53 Å². The van der Waals surface area contributed by atoms with E-state index < -0.39 is 0 Å². The van der Waals surface area contributed by atoms with E-state index in [9.17, 15) is 4.79 Å². The molecule has 0 aliphatic carbocycles. The van der Waals surface area contributed by atoms with Gasteiger partial charge in [-0.05, 0) is 91.3 Å². The molecule has 0 rings (SSSR count). The third-order valence-corrected chi connectivity index (χ3v) is 9.20. The number of hydrogen-bond donors (Lipinski definition) is 0. The number of unbranched alkanes of at least 4 members (excludes halogenated alkanes) is 21. The minimum atomic E-state index is 0.358. The van der Waals surface area contributed by atoms with Crippen LogP contribution in [0.3, 0.4) is 0 Å². The Morgan fingerprint density at radius 1 is 0.511 bits per heavy atom. The molecule has 0 saturated heterocycles. The maximum atomic E-state index is 13.1. The molecule has 0 heterocycles. The highest BCUT2D eigenvalue weighted by atomic mass is 16.5. The molecule has 4 nitrogen and oxygen atoms in total. The van der Waals surface area contributed by atoms with Gasteiger partial charge in [-0.15, -0.1) is 0 Å². The fourth-order valence-electron chi connectivity index (χ4n) is 6.04. The molecule has 276 valence electrons. The lowest BCUT2D eigenvalue weighted by Crippen LogP contribution is -2.33. The molecule has 0 aliphatic heterocycles. The second-order valence-electron chi connectivity index (χ2n) is 14.3. The van der Waals surface area contributed by atoms with E-state index in [4.69, 9.17) is 4.74 Å². The Morgan fingerprint density at radius 3 is 1.43 bits per heavy atom. The second-order valence-corrected chi connectivity index (χ2v) is 14.3. The average Bonchev–Trinajstić information content (AvgIpc) is 3.06. The largest absolute Gasteiger partial charge is 0.495 e. The van der Waals surface area contributed by atoms with Crippen molar-refractivity contribution in [1.82, 2.24) is 9.80 Å². The monoisotopic (exact) mass is 659 g/mol. The highest BCUT2D eigenvalue weighted by Crippen LogP contribution is 2.14. The van der Waals surface area contributed by atoms with Gasteiger partial charge < -0.3 is 14.5 Å². The van der Waals surface area contributed by atoms with Gasteiger partial charge in [-0.3, -0.25) is 4.79 Å². The molecule has 4 heteroatoms. The molecule has 1 amide bonds. The summed E-state index contributed by atoms with van der Waals surface area (Å²) in [6.45, 7) is 12.2. The second kappa shape index (κ2) is 37.3. The standard InChI is InChI=1S/C43H82N2O2/c1-6-8-10-12-14-16-17-18-19-20-21-22-23-25-27-32-39-45(43(46)37-31-34-38-44(4)5)40-33-29-30-36-42(3)47-41-35-28-26-24-15-13-11-9-7-2/h18-19,28,35H,3,6-17,20-27,29-34,36-41H2,1-2,4-5H3/b19-18-,35-28+. The van der Waals surface area contributed by atoms with Crippen LogP contribution in [0.25, 0.3) is 0 Å². The van der Waals surface area contributed by atoms with Crippen molar-refractivity contribution in [2.24, 2.45) is 0 Å². The molecular formula is C43H82N2O2. The summed E-state index contributed by atoms with van der Waals surface area (Å²) < 4.78 is 5.83. The van der Waals surface area contributed by atoms with Crippen molar-refractivity contribution in [2.45, 2.75) is 194 Å². The van der Waals surface area contributed by atoms with E-state index in [0.717, 1.165) is 76.8 Å². The maximum absolute atomic E-state index is 13.1. The van der Waals surface area contributed by atoms with E-state index in [-0.39, 0.29) is 0 Å². The van der Waals surface area contributed by atoms with Crippen LogP contribution >= 0.6 is 0 Å². The molecule has 47 heavy (non-hydrogen) atoms. The topological polar surface area (TPSA) is 32.8 Å². The van der Waals surface area contributed by atoms with Crippen molar-refractivity contribution in [3.63, 3.8) is 0 Å². The van der Waals surface area contributed by atoms with Crippen molar-refractivity contribution in [3.8, 4) is 0 Å². The van der Waals surface area contributed by atoms with E-state index >= 15 is 0 Å². The van der Waals surface area contributed by atoms with E-state index in [1.54, 1.807) is 0 Å². The number of nitrogens with zero attached hydrogens (tertiary/aromatic N) is 2. The van der Waals surface area contributed by atoms with Crippen LogP contribution in [0.4, 0.5) is 0 Å². The normalized spacial score (nSPS) is 11.8. The van der Waals surface area contributed by atoms with Gasteiger partial charge in [0.05, 0.1) is 5.76 Å². The SMILES string of the molecule is C=C(CCCCCN(CCCCCCCC/C=C\CCCCCCCC)C(=O)CCCCN(C)C)OC/C=C/CCCCCCCC. The predicted molar refractivity (Wildman–Crippen MR) is 209 cm³/mol. The zero-order valence-corrected chi connectivity index (χ0v) is 32.4. The molecule has 0 radical (unpaired) electrons. The highest BCUT2D eigenvalue weighted by Gasteiger charge is 2.13. The van der Waals surface area contributed by atoms with Crippen LogP contribution in [0.1, 0.15) is 194 Å². The van der Waals surface area contributed by atoms with Gasteiger partial charge in [0.25, 0.3) is 0 Å². The van der Waals surface area contributed by atoms with Crippen molar-refractivity contribution in [3.05, 3.63) is 36.6 Å². The van der Waals surface area contributed by atoms with E-state index in [0.29, 0.717) is 18.9 Å². The third-order valence-electron chi connectivity index (χ3n) is 9.20. The van der Waals surface area contributed by atoms with Gasteiger partial charge >= 0.3 is 0 Å². The van der Waals surface area contributed by atoms with Crippen molar-refractivity contribution >= 4 is 5.91 Å². The maximum Gasteiger partial charge on any atom is 0.222 e. The van der Waals surface area contributed by atoms with Crippen LogP contribution in [0, 0.1) is 0 Å². The molecular weight excluding hydrogens is 576 g/mol. The Labute approximate surface area is 295 Å². The zero-order valence-electron chi connectivity index (χ0n) is 32.4. The average molecular weight is 659 g/mol. The fourth-order valence-corrected chi connectivity index (χ4v) is 6.04. The van der Waals surface area contributed by atoms with Gasteiger partial charge in [0.1, 0.15) is 6.61 Å². The van der Waals surface area contributed by atoms with Gasteiger partial charge in [-0.1, -0.05) is 141 Å². The minimum Gasteiger partial charge on any atom is -0.495 e. The Kier molecular flexibility index (Phi) is 36.0. The summed E-state index contributed by atoms with van der Waals surface area (Å²) in [5.41, 5.74) is 0. The molecule has 0 spiro atoms. The Morgan fingerprint density at radius 2 is 0.915 bits per heavy atom. The lowest BCUT2D eigenvalue weighted by atomic mass is 10.1. The fraction of sp³-hybridized carbons (Fsp3) is 0.837. The van der Waals surface area contributed by atoms with Crippen LogP contribution in [0.2, 0.25) is 0 Å². The van der Waals surface area contributed by atoms with Gasteiger partial charge in [-0.2, -0.15) is 0 Å². The first-order chi connectivity index (χ1) is 23.0. The first-order valence-corrected chi connectivity index (χ1v) is 20.5. The van der Waals surface area contributed by atoms with Crippen LogP contribution in [0.5, 0.6) is 0 Å². The van der Waals surface area contributed by atoms with Crippen LogP contribution < -0.4 is 0 Å². The first-order valence-electron chi connectivity index (χ1n) is 20.5. The smallest absolute Gasteiger partial charge is 0.222 e. The first kappa shape index (κ1) is 45.5. The Balaban J connectivity index is 4.07. The zero-order chi connectivity index (χ0) is 34.5. The molecule has 0 atom stereocenters. The number of rotatable bonds is 37. The molecule has 0 aliphatic rings. The van der Waals surface area contributed by atoms with Crippen molar-refractivity contribution in [2.75, 3.05) is 40.3 Å². The number of amides is 1. The summed E-state index contributed by atoms with van der Waals surface area (Å²) in [5, 5.41) is 0. The minimum absolute atomic E-state index is 0.358. The number of allylic oxidation sites excluding steroid dienone is 4. The van der Waals surface area contributed by atoms with E-state index in [1.165, 1.54) is 122 Å². The van der Waals surface area contributed by atoms with E-state index in [1.807, 2.05) is 0 Å². The third kappa shape index (κ3) is 35.6. The molecule has 0 aromatic heterocycles. The Hall–Kier alpha value is -1.55. The molecule has 0 bridgehead atoms. The molecule has 0 fully saturated rings. The molecule has 0 N–H and O–H groups in total. The summed E-state index contributed by atoms with van der Waals surface area (Å²) >= 11 is 0. The van der Waals surface area contributed by atoms with Crippen LogP contribution in [-0.4, -0.2) is 56.0 Å². The van der Waals surface area contributed by atoms with Crippen molar-refractivity contribution in [1.29, 1.82) is 0 Å². The van der Waals surface area contributed by atoms with Crippen LogP contribution in [-0.2, 0) is 9.53 Å². The number of ether oxygens (including phenoxy) is 1. The number of hydrogen-bond acceptors (Lipinski definition) is 3. The summed E-state index contributed by atoms with van der Waals surface area (Å²) in [7, 11) is 4.21. The lowest BCUT2D eigenvalue weighted by Gasteiger charge is -2.23. The highest BCUT2D eigenvalue weighted by molar-refractivity contribution is 5.76. The molecule has 0 aromatic rings. The predicted octanol–water partition coefficient (Wildman–Crippen LogP) is 13.0. The van der Waals surface area contributed by atoms with Gasteiger partial charge in [-0.25, -0.2) is 0 Å². The summed E-state index contributed by atoms with van der Waals surface area (Å²) in [6.07, 6.45) is 43.9. The molecule has 0 saturated carbocycles. The van der Waals surface area contributed by atoms with Gasteiger partial charge in [0.15, 0.2) is 0 Å². The van der Waals surface area contributed by atoms with Crippen LogP contribution in [0.15, 0.2) is 36.6 Å². The molecule has 0 aromatic carbocycles. The lowest BCUT2D eigenvalue weighted by molar-refractivity contribution is -0.131. The quantitative estimate of drug-likeness (QED) is 0.0378. The molecule has 0 unspecified atom stereocenters. The van der Waals surface area contributed by atoms with Gasteiger partial charge in [0, 0.05) is 25.9 Å². The number of carbonyl (C=O) groups excluding carboxylic acids is 1. The summed E-state index contributed by atoms with van der Waals surface area (Å²) in [6, 6.07) is 0. The van der Waals surface area contributed by atoms with Gasteiger partial charge in [0.2, 0.25) is 5.91 Å². The number of carbonyl (C=O) groups is 1. The Bertz CT molecular complexity index is 729.